The molecule has 2 unspecified atom stereocenters. The number of aromatic nitrogens is 1. The van der Waals surface area contributed by atoms with Crippen molar-refractivity contribution in [2.24, 2.45) is 0 Å². The van der Waals surface area contributed by atoms with E-state index in [0.717, 1.165) is 18.4 Å². The third-order valence-electron chi connectivity index (χ3n) is 6.62. The number of halogens is 3. The van der Waals surface area contributed by atoms with E-state index in [9.17, 15) is 18.0 Å². The predicted molar refractivity (Wildman–Crippen MR) is 123 cm³/mol. The molecular formula is C26H31F3N2O4. The van der Waals surface area contributed by atoms with Crippen LogP contribution in [0, 0.1) is 0 Å². The number of ether oxygens (including phenoxy) is 3. The van der Waals surface area contributed by atoms with Gasteiger partial charge in [0.05, 0.1) is 24.4 Å². The summed E-state index contributed by atoms with van der Waals surface area (Å²) < 4.78 is 54.1. The van der Waals surface area contributed by atoms with Gasteiger partial charge in [0.15, 0.2) is 0 Å². The number of alkyl halides is 3. The van der Waals surface area contributed by atoms with Crippen LogP contribution in [0.25, 0.3) is 0 Å². The van der Waals surface area contributed by atoms with Gasteiger partial charge in [0.2, 0.25) is 0 Å². The molecule has 1 aromatic carbocycles. The molecule has 4 rings (SSSR count). The van der Waals surface area contributed by atoms with Crippen molar-refractivity contribution in [2.45, 2.75) is 63.2 Å². The third kappa shape index (κ3) is 6.80. The number of piperidine rings is 1. The van der Waals surface area contributed by atoms with Crippen molar-refractivity contribution in [3.63, 3.8) is 0 Å². The lowest BCUT2D eigenvalue weighted by Gasteiger charge is -2.48. The van der Waals surface area contributed by atoms with Crippen molar-refractivity contribution in [3.8, 4) is 0 Å². The molecule has 2 aromatic rings. The van der Waals surface area contributed by atoms with E-state index < -0.39 is 12.8 Å². The second-order valence-electron chi connectivity index (χ2n) is 9.19. The maximum atomic E-state index is 13.1. The van der Waals surface area contributed by atoms with E-state index in [1.54, 1.807) is 30.5 Å². The van der Waals surface area contributed by atoms with Crippen molar-refractivity contribution < 1.29 is 32.2 Å². The molecule has 1 amide bonds. The lowest BCUT2D eigenvalue weighted by atomic mass is 9.80. The van der Waals surface area contributed by atoms with E-state index in [-0.39, 0.29) is 30.3 Å². The molecule has 1 aromatic heterocycles. The fourth-order valence-corrected chi connectivity index (χ4v) is 4.92. The molecule has 0 N–H and O–H groups in total. The minimum Gasteiger partial charge on any atom is -0.378 e. The fourth-order valence-electron chi connectivity index (χ4n) is 4.92. The zero-order valence-electron chi connectivity index (χ0n) is 19.8. The molecule has 0 radical (unpaired) electrons. The van der Waals surface area contributed by atoms with Crippen molar-refractivity contribution in [2.75, 3.05) is 26.3 Å². The number of likely N-dealkylation sites (tertiary alicyclic amines) is 1. The Morgan fingerprint density at radius 1 is 1.20 bits per heavy atom. The molecule has 1 spiro atoms. The smallest absolute Gasteiger partial charge is 0.378 e. The number of rotatable bonds is 7. The number of hydrogen-bond donors (Lipinski definition) is 0. The van der Waals surface area contributed by atoms with E-state index >= 15 is 0 Å². The molecule has 190 valence electrons. The Morgan fingerprint density at radius 3 is 2.57 bits per heavy atom. The number of pyridine rings is 1. The van der Waals surface area contributed by atoms with Gasteiger partial charge in [0, 0.05) is 50.5 Å². The Balaban J connectivity index is 1.35. The summed E-state index contributed by atoms with van der Waals surface area (Å²) in [6, 6.07) is 10.5. The number of carbonyl (C=O) groups is 1. The normalized spacial score (nSPS) is 22.3. The minimum atomic E-state index is -4.36. The van der Waals surface area contributed by atoms with Crippen LogP contribution in [0.5, 0.6) is 0 Å². The SMILES string of the molecule is CCOC1CC(c2cccnc2)OC2(CCN(C(=O)c3ccc(COCC(F)(F)F)cc3)CC2)C1. The molecule has 2 aliphatic heterocycles. The zero-order chi connectivity index (χ0) is 24.9. The first kappa shape index (κ1) is 25.6. The predicted octanol–water partition coefficient (Wildman–Crippen LogP) is 5.09. The van der Waals surface area contributed by atoms with Gasteiger partial charge in [-0.3, -0.25) is 9.78 Å². The Bertz CT molecular complexity index is 961. The van der Waals surface area contributed by atoms with Gasteiger partial charge >= 0.3 is 6.18 Å². The number of hydrogen-bond acceptors (Lipinski definition) is 5. The van der Waals surface area contributed by atoms with E-state index in [1.165, 1.54) is 0 Å². The molecule has 0 aliphatic carbocycles. The first-order chi connectivity index (χ1) is 16.8. The number of carbonyl (C=O) groups excluding carboxylic acids is 1. The average Bonchev–Trinajstić information content (AvgIpc) is 2.84. The Morgan fingerprint density at radius 2 is 1.94 bits per heavy atom. The number of amides is 1. The second kappa shape index (κ2) is 11.1. The van der Waals surface area contributed by atoms with Crippen LogP contribution in [0.2, 0.25) is 0 Å². The molecule has 2 aliphatic rings. The Labute approximate surface area is 203 Å². The molecule has 0 bridgehead atoms. The van der Waals surface area contributed by atoms with Gasteiger partial charge in [-0.25, -0.2) is 0 Å². The minimum absolute atomic E-state index is 0.0910. The lowest BCUT2D eigenvalue weighted by Crippen LogP contribution is -2.52. The first-order valence-corrected chi connectivity index (χ1v) is 12.0. The maximum Gasteiger partial charge on any atom is 0.411 e. The van der Waals surface area contributed by atoms with Crippen molar-refractivity contribution in [1.29, 1.82) is 0 Å². The lowest BCUT2D eigenvalue weighted by molar-refractivity contribution is -0.190. The van der Waals surface area contributed by atoms with Gasteiger partial charge in [-0.05, 0) is 49.1 Å². The van der Waals surface area contributed by atoms with Gasteiger partial charge in [0.1, 0.15) is 6.61 Å². The van der Waals surface area contributed by atoms with E-state index in [0.29, 0.717) is 43.7 Å². The standard InChI is InChI=1S/C26H31F3N2O4/c1-2-34-22-14-23(21-4-3-11-30-16-21)35-25(15-22)9-12-31(13-10-25)24(32)20-7-5-19(6-8-20)17-33-18-26(27,28)29/h3-8,11,16,22-23H,2,9-10,12-15,17-18H2,1H3. The van der Waals surface area contributed by atoms with Crippen molar-refractivity contribution >= 4 is 5.91 Å². The van der Waals surface area contributed by atoms with Crippen LogP contribution in [-0.4, -0.2) is 60.0 Å². The van der Waals surface area contributed by atoms with Crippen LogP contribution in [0.3, 0.4) is 0 Å². The Kier molecular flexibility index (Phi) is 8.09. The molecule has 3 heterocycles. The summed E-state index contributed by atoms with van der Waals surface area (Å²) in [4.78, 5) is 19.1. The third-order valence-corrected chi connectivity index (χ3v) is 6.62. The summed E-state index contributed by atoms with van der Waals surface area (Å²) in [5, 5.41) is 0. The topological polar surface area (TPSA) is 60.9 Å². The average molecular weight is 493 g/mol. The van der Waals surface area contributed by atoms with E-state index in [2.05, 4.69) is 9.72 Å². The van der Waals surface area contributed by atoms with Crippen LogP contribution >= 0.6 is 0 Å². The summed E-state index contributed by atoms with van der Waals surface area (Å²) in [5.74, 6) is -0.0939. The highest BCUT2D eigenvalue weighted by atomic mass is 19.4. The highest BCUT2D eigenvalue weighted by Crippen LogP contribution is 2.44. The van der Waals surface area contributed by atoms with E-state index in [1.807, 2.05) is 30.2 Å². The summed E-state index contributed by atoms with van der Waals surface area (Å²) in [5.41, 5.74) is 1.77. The van der Waals surface area contributed by atoms with Crippen LogP contribution in [-0.2, 0) is 20.8 Å². The fraction of sp³-hybridized carbons (Fsp3) is 0.538. The summed E-state index contributed by atoms with van der Waals surface area (Å²) in [7, 11) is 0. The van der Waals surface area contributed by atoms with Gasteiger partial charge in [-0.15, -0.1) is 0 Å². The van der Waals surface area contributed by atoms with Crippen molar-refractivity contribution in [1.82, 2.24) is 9.88 Å². The highest BCUT2D eigenvalue weighted by Gasteiger charge is 2.45. The van der Waals surface area contributed by atoms with Gasteiger partial charge in [-0.1, -0.05) is 18.2 Å². The van der Waals surface area contributed by atoms with Gasteiger partial charge < -0.3 is 19.1 Å². The van der Waals surface area contributed by atoms with E-state index in [4.69, 9.17) is 9.47 Å². The molecule has 0 saturated carbocycles. The maximum absolute atomic E-state index is 13.1. The van der Waals surface area contributed by atoms with Crippen LogP contribution < -0.4 is 0 Å². The van der Waals surface area contributed by atoms with Crippen LogP contribution in [0.4, 0.5) is 13.2 Å². The number of nitrogens with zero attached hydrogens (tertiary/aromatic N) is 2. The van der Waals surface area contributed by atoms with Gasteiger partial charge in [0.25, 0.3) is 5.91 Å². The van der Waals surface area contributed by atoms with Gasteiger partial charge in [-0.2, -0.15) is 13.2 Å². The molecule has 2 fully saturated rings. The first-order valence-electron chi connectivity index (χ1n) is 12.0. The Hall–Kier alpha value is -2.49. The molecular weight excluding hydrogens is 461 g/mol. The zero-order valence-corrected chi connectivity index (χ0v) is 19.8. The van der Waals surface area contributed by atoms with Crippen LogP contribution in [0.1, 0.15) is 60.2 Å². The number of benzene rings is 1. The molecule has 35 heavy (non-hydrogen) atoms. The highest BCUT2D eigenvalue weighted by molar-refractivity contribution is 5.94. The monoisotopic (exact) mass is 492 g/mol. The largest absolute Gasteiger partial charge is 0.411 e. The summed E-state index contributed by atoms with van der Waals surface area (Å²) >= 11 is 0. The van der Waals surface area contributed by atoms with Crippen molar-refractivity contribution in [3.05, 3.63) is 65.5 Å². The second-order valence-corrected chi connectivity index (χ2v) is 9.19. The molecule has 2 saturated heterocycles. The quantitative estimate of drug-likeness (QED) is 0.539. The molecule has 6 nitrogen and oxygen atoms in total. The summed E-state index contributed by atoms with van der Waals surface area (Å²) in [6.45, 7) is 2.31. The molecule has 9 heteroatoms. The molecule has 2 atom stereocenters. The van der Waals surface area contributed by atoms with Crippen LogP contribution in [0.15, 0.2) is 48.8 Å². The summed E-state index contributed by atoms with van der Waals surface area (Å²) in [6.07, 6.45) is 2.22.